The SMILES string of the molecule is CSC1CCCC(NC2CCOC3(CCCC3)C2)C1. The van der Waals surface area contributed by atoms with Crippen molar-refractivity contribution in [2.24, 2.45) is 0 Å². The third kappa shape index (κ3) is 3.48. The topological polar surface area (TPSA) is 21.3 Å². The maximum Gasteiger partial charge on any atom is 0.0697 e. The molecule has 1 spiro atoms. The lowest BCUT2D eigenvalue weighted by Crippen LogP contribution is -2.49. The van der Waals surface area contributed by atoms with Gasteiger partial charge in [0.15, 0.2) is 0 Å². The summed E-state index contributed by atoms with van der Waals surface area (Å²) in [5.41, 5.74) is 0.267. The standard InChI is InChI=1S/C16H29NOS/c1-19-15-6-4-5-13(11-15)17-14-7-10-18-16(12-14)8-2-3-9-16/h13-15,17H,2-12H2,1H3. The highest BCUT2D eigenvalue weighted by Crippen LogP contribution is 2.40. The minimum absolute atomic E-state index is 0.267. The number of thioether (sulfide) groups is 1. The largest absolute Gasteiger partial charge is 0.375 e. The van der Waals surface area contributed by atoms with E-state index in [1.54, 1.807) is 0 Å². The summed E-state index contributed by atoms with van der Waals surface area (Å²) in [6.07, 6.45) is 15.8. The Kier molecular flexibility index (Phi) is 4.76. The summed E-state index contributed by atoms with van der Waals surface area (Å²) in [5, 5.41) is 4.87. The molecule has 0 radical (unpaired) electrons. The second-order valence-electron chi connectivity index (χ2n) is 6.82. The van der Waals surface area contributed by atoms with E-state index in [9.17, 15) is 0 Å². The second-order valence-corrected chi connectivity index (χ2v) is 7.95. The quantitative estimate of drug-likeness (QED) is 0.852. The Hall–Kier alpha value is 0.270. The fourth-order valence-electron chi connectivity index (χ4n) is 4.38. The van der Waals surface area contributed by atoms with Crippen LogP contribution in [0.4, 0.5) is 0 Å². The fraction of sp³-hybridized carbons (Fsp3) is 1.00. The van der Waals surface area contributed by atoms with Crippen LogP contribution >= 0.6 is 11.8 Å². The zero-order valence-electron chi connectivity index (χ0n) is 12.3. The van der Waals surface area contributed by atoms with Crippen LogP contribution < -0.4 is 5.32 Å². The van der Waals surface area contributed by atoms with Gasteiger partial charge >= 0.3 is 0 Å². The average molecular weight is 283 g/mol. The third-order valence-electron chi connectivity index (χ3n) is 5.44. The van der Waals surface area contributed by atoms with Crippen LogP contribution in [-0.2, 0) is 4.74 Å². The van der Waals surface area contributed by atoms with Gasteiger partial charge < -0.3 is 10.1 Å². The van der Waals surface area contributed by atoms with Crippen LogP contribution in [0.1, 0.15) is 64.2 Å². The Bertz CT molecular complexity index is 290. The van der Waals surface area contributed by atoms with Gasteiger partial charge in [-0.2, -0.15) is 11.8 Å². The number of hydrogen-bond acceptors (Lipinski definition) is 3. The predicted molar refractivity (Wildman–Crippen MR) is 82.9 cm³/mol. The van der Waals surface area contributed by atoms with Crippen molar-refractivity contribution >= 4 is 11.8 Å². The molecule has 3 rings (SSSR count). The zero-order valence-corrected chi connectivity index (χ0v) is 13.1. The van der Waals surface area contributed by atoms with Gasteiger partial charge in [0.2, 0.25) is 0 Å². The van der Waals surface area contributed by atoms with Crippen molar-refractivity contribution in [3.63, 3.8) is 0 Å². The van der Waals surface area contributed by atoms with Crippen molar-refractivity contribution in [3.05, 3.63) is 0 Å². The third-order valence-corrected chi connectivity index (χ3v) is 6.53. The van der Waals surface area contributed by atoms with E-state index in [-0.39, 0.29) is 5.60 Å². The van der Waals surface area contributed by atoms with Crippen molar-refractivity contribution in [2.75, 3.05) is 12.9 Å². The predicted octanol–water partition coefficient (Wildman–Crippen LogP) is 3.74. The molecule has 1 heterocycles. The molecule has 0 aromatic heterocycles. The Morgan fingerprint density at radius 1 is 1.05 bits per heavy atom. The van der Waals surface area contributed by atoms with Crippen molar-refractivity contribution in [2.45, 2.75) is 87.1 Å². The summed E-state index contributed by atoms with van der Waals surface area (Å²) in [7, 11) is 0. The van der Waals surface area contributed by atoms with Crippen LogP contribution in [0.25, 0.3) is 0 Å². The highest BCUT2D eigenvalue weighted by atomic mass is 32.2. The summed E-state index contributed by atoms with van der Waals surface area (Å²) in [6.45, 7) is 0.982. The number of nitrogens with one attached hydrogen (secondary N) is 1. The van der Waals surface area contributed by atoms with E-state index in [1.807, 2.05) is 0 Å². The Morgan fingerprint density at radius 3 is 2.68 bits per heavy atom. The lowest BCUT2D eigenvalue weighted by molar-refractivity contribution is -0.0850. The Morgan fingerprint density at radius 2 is 1.89 bits per heavy atom. The van der Waals surface area contributed by atoms with E-state index in [0.29, 0.717) is 0 Å². The normalized spacial score (nSPS) is 38.7. The van der Waals surface area contributed by atoms with Crippen LogP contribution in [0.5, 0.6) is 0 Å². The van der Waals surface area contributed by atoms with E-state index >= 15 is 0 Å². The first-order valence-corrected chi connectivity index (χ1v) is 9.51. The lowest BCUT2D eigenvalue weighted by atomic mass is 9.87. The second kappa shape index (κ2) is 6.36. The molecule has 2 saturated carbocycles. The summed E-state index contributed by atoms with van der Waals surface area (Å²) >= 11 is 2.07. The van der Waals surface area contributed by atoms with Gasteiger partial charge in [0.25, 0.3) is 0 Å². The number of hydrogen-bond donors (Lipinski definition) is 1. The van der Waals surface area contributed by atoms with Crippen molar-refractivity contribution in [3.8, 4) is 0 Å². The molecular weight excluding hydrogens is 254 g/mol. The molecule has 1 aliphatic heterocycles. The van der Waals surface area contributed by atoms with E-state index in [1.165, 1.54) is 64.2 Å². The molecule has 0 aromatic rings. The molecule has 3 atom stereocenters. The molecule has 2 aliphatic carbocycles. The molecule has 2 nitrogen and oxygen atoms in total. The molecule has 3 aliphatic rings. The summed E-state index contributed by atoms with van der Waals surface area (Å²) in [5.74, 6) is 0. The average Bonchev–Trinajstić information content (AvgIpc) is 2.87. The van der Waals surface area contributed by atoms with Crippen LogP contribution in [0.3, 0.4) is 0 Å². The van der Waals surface area contributed by atoms with E-state index in [0.717, 1.165) is 23.9 Å². The highest BCUT2D eigenvalue weighted by Gasteiger charge is 2.40. The van der Waals surface area contributed by atoms with Crippen molar-refractivity contribution in [1.82, 2.24) is 5.32 Å². The van der Waals surface area contributed by atoms with Gasteiger partial charge in [0.1, 0.15) is 0 Å². The zero-order chi connectivity index (χ0) is 13.1. The van der Waals surface area contributed by atoms with Crippen LogP contribution in [0.2, 0.25) is 0 Å². The summed E-state index contributed by atoms with van der Waals surface area (Å²) in [6, 6.07) is 1.49. The molecule has 0 bridgehead atoms. The van der Waals surface area contributed by atoms with Crippen LogP contribution in [-0.4, -0.2) is 35.8 Å². The van der Waals surface area contributed by atoms with Gasteiger partial charge in [-0.1, -0.05) is 19.3 Å². The van der Waals surface area contributed by atoms with E-state index in [4.69, 9.17) is 4.74 Å². The maximum absolute atomic E-state index is 6.14. The number of ether oxygens (including phenoxy) is 1. The Balaban J connectivity index is 1.51. The minimum Gasteiger partial charge on any atom is -0.375 e. The molecule has 0 aromatic carbocycles. The first-order valence-electron chi connectivity index (χ1n) is 8.22. The molecular formula is C16H29NOS. The van der Waals surface area contributed by atoms with Gasteiger partial charge in [-0.25, -0.2) is 0 Å². The van der Waals surface area contributed by atoms with Gasteiger partial charge in [0.05, 0.1) is 5.60 Å². The molecule has 0 amide bonds. The first kappa shape index (κ1) is 14.2. The molecule has 1 N–H and O–H groups in total. The van der Waals surface area contributed by atoms with Crippen LogP contribution in [0, 0.1) is 0 Å². The van der Waals surface area contributed by atoms with Gasteiger partial charge in [-0.15, -0.1) is 0 Å². The Labute approximate surface area is 122 Å². The molecule has 3 fully saturated rings. The molecule has 3 unspecified atom stereocenters. The smallest absolute Gasteiger partial charge is 0.0697 e. The van der Waals surface area contributed by atoms with Gasteiger partial charge in [-0.3, -0.25) is 0 Å². The molecule has 3 heteroatoms. The minimum atomic E-state index is 0.267. The molecule has 110 valence electrons. The molecule has 1 saturated heterocycles. The van der Waals surface area contributed by atoms with Crippen LogP contribution in [0.15, 0.2) is 0 Å². The van der Waals surface area contributed by atoms with Gasteiger partial charge in [-0.05, 0) is 51.2 Å². The first-order chi connectivity index (χ1) is 9.30. The van der Waals surface area contributed by atoms with Gasteiger partial charge in [0, 0.05) is 23.9 Å². The van der Waals surface area contributed by atoms with Crippen molar-refractivity contribution in [1.29, 1.82) is 0 Å². The highest BCUT2D eigenvalue weighted by molar-refractivity contribution is 7.99. The summed E-state index contributed by atoms with van der Waals surface area (Å²) < 4.78 is 6.14. The van der Waals surface area contributed by atoms with E-state index < -0.39 is 0 Å². The summed E-state index contributed by atoms with van der Waals surface area (Å²) in [4.78, 5) is 0. The molecule has 19 heavy (non-hydrogen) atoms. The maximum atomic E-state index is 6.14. The van der Waals surface area contributed by atoms with E-state index in [2.05, 4.69) is 23.3 Å². The van der Waals surface area contributed by atoms with Crippen molar-refractivity contribution < 1.29 is 4.74 Å². The lowest BCUT2D eigenvalue weighted by Gasteiger charge is -2.41. The fourth-order valence-corrected chi connectivity index (χ4v) is 5.21. The monoisotopic (exact) mass is 283 g/mol. The number of rotatable bonds is 3.